The highest BCUT2D eigenvalue weighted by Gasteiger charge is 2.38. The molecule has 2 aliphatic rings. The zero-order chi connectivity index (χ0) is 19.4. The minimum atomic E-state index is -4.55. The lowest BCUT2D eigenvalue weighted by atomic mass is 9.77. The third-order valence-corrected chi connectivity index (χ3v) is 6.25. The molecular formula is C18H20F3N7. The number of H-pyrrole nitrogens is 2. The Bertz CT molecular complexity index is 990. The van der Waals surface area contributed by atoms with E-state index in [1.165, 1.54) is 25.7 Å². The van der Waals surface area contributed by atoms with Crippen molar-refractivity contribution in [1.29, 1.82) is 0 Å². The van der Waals surface area contributed by atoms with E-state index in [0.29, 0.717) is 16.6 Å². The maximum atomic E-state index is 13.2. The zero-order valence-electron chi connectivity index (χ0n) is 15.2. The Hall–Kier alpha value is -2.65. The van der Waals surface area contributed by atoms with Gasteiger partial charge in [0.25, 0.3) is 0 Å². The van der Waals surface area contributed by atoms with E-state index < -0.39 is 11.9 Å². The summed E-state index contributed by atoms with van der Waals surface area (Å²) in [5, 5.41) is 12.3. The van der Waals surface area contributed by atoms with Crippen molar-refractivity contribution >= 4 is 17.0 Å². The van der Waals surface area contributed by atoms with Crippen LogP contribution in [0.25, 0.3) is 22.4 Å². The van der Waals surface area contributed by atoms with Crippen molar-refractivity contribution < 1.29 is 13.2 Å². The molecule has 2 fully saturated rings. The Labute approximate surface area is 158 Å². The van der Waals surface area contributed by atoms with Gasteiger partial charge in [-0.25, -0.2) is 9.97 Å². The maximum absolute atomic E-state index is 13.2. The number of aromatic amines is 2. The number of hydrogen-bond donors (Lipinski definition) is 2. The quantitative estimate of drug-likeness (QED) is 0.691. The van der Waals surface area contributed by atoms with Crippen LogP contribution in [0.5, 0.6) is 0 Å². The van der Waals surface area contributed by atoms with Crippen molar-refractivity contribution in [1.82, 2.24) is 30.4 Å². The molecule has 1 aliphatic heterocycles. The first-order valence-corrected chi connectivity index (χ1v) is 9.52. The van der Waals surface area contributed by atoms with Gasteiger partial charge in [-0.3, -0.25) is 10.2 Å². The van der Waals surface area contributed by atoms with Crippen molar-refractivity contribution in [2.45, 2.75) is 44.7 Å². The van der Waals surface area contributed by atoms with Gasteiger partial charge in [-0.1, -0.05) is 12.8 Å². The molecule has 0 radical (unpaired) electrons. The lowest BCUT2D eigenvalue weighted by molar-refractivity contribution is -0.140. The molecule has 5 rings (SSSR count). The van der Waals surface area contributed by atoms with Gasteiger partial charge in [0.05, 0.1) is 18.0 Å². The summed E-state index contributed by atoms with van der Waals surface area (Å²) in [5.74, 6) is 0.735. The molecule has 0 amide bonds. The molecule has 7 nitrogen and oxygen atoms in total. The molecule has 1 spiro atoms. The normalized spacial score (nSPS) is 19.8. The van der Waals surface area contributed by atoms with Crippen LogP contribution in [-0.2, 0) is 6.18 Å². The fourth-order valence-electron chi connectivity index (χ4n) is 4.65. The van der Waals surface area contributed by atoms with E-state index in [9.17, 15) is 13.2 Å². The Balaban J connectivity index is 1.42. The smallest absolute Gasteiger partial charge is 0.355 e. The maximum Gasteiger partial charge on any atom is 0.433 e. The molecule has 0 aromatic carbocycles. The van der Waals surface area contributed by atoms with Crippen LogP contribution in [0.2, 0.25) is 0 Å². The first kappa shape index (κ1) is 17.4. The summed E-state index contributed by atoms with van der Waals surface area (Å²) in [6, 6.07) is 0. The number of anilines is 1. The zero-order valence-corrected chi connectivity index (χ0v) is 15.2. The van der Waals surface area contributed by atoms with Gasteiger partial charge in [0.2, 0.25) is 0 Å². The van der Waals surface area contributed by atoms with E-state index >= 15 is 0 Å². The summed E-state index contributed by atoms with van der Waals surface area (Å²) in [6.45, 7) is 1.86. The highest BCUT2D eigenvalue weighted by Crippen LogP contribution is 2.46. The van der Waals surface area contributed by atoms with Crippen LogP contribution in [0.1, 0.15) is 44.2 Å². The molecule has 148 valence electrons. The number of piperidine rings is 1. The lowest BCUT2D eigenvalue weighted by Gasteiger charge is -2.39. The summed E-state index contributed by atoms with van der Waals surface area (Å²) < 4.78 is 39.5. The van der Waals surface area contributed by atoms with E-state index in [1.807, 2.05) is 5.10 Å². The van der Waals surface area contributed by atoms with Gasteiger partial charge in [-0.15, -0.1) is 0 Å². The van der Waals surface area contributed by atoms with Gasteiger partial charge >= 0.3 is 6.18 Å². The molecule has 3 aromatic heterocycles. The molecule has 0 unspecified atom stereocenters. The summed E-state index contributed by atoms with van der Waals surface area (Å²) >= 11 is 0. The summed E-state index contributed by atoms with van der Waals surface area (Å²) in [5.41, 5.74) is 0.206. The molecule has 1 saturated heterocycles. The van der Waals surface area contributed by atoms with E-state index in [4.69, 9.17) is 0 Å². The molecule has 0 atom stereocenters. The molecule has 0 bridgehead atoms. The van der Waals surface area contributed by atoms with Crippen molar-refractivity contribution in [2.75, 3.05) is 18.0 Å². The van der Waals surface area contributed by atoms with Crippen LogP contribution in [0.3, 0.4) is 0 Å². The molecule has 2 N–H and O–H groups in total. The van der Waals surface area contributed by atoms with Crippen molar-refractivity contribution in [2.24, 2.45) is 5.41 Å². The Morgan fingerprint density at radius 2 is 1.75 bits per heavy atom. The van der Waals surface area contributed by atoms with Gasteiger partial charge in [0, 0.05) is 13.1 Å². The van der Waals surface area contributed by atoms with Crippen LogP contribution in [0.4, 0.5) is 19.0 Å². The Morgan fingerprint density at radius 1 is 1.00 bits per heavy atom. The summed E-state index contributed by atoms with van der Waals surface area (Å²) in [4.78, 5) is 11.2. The average Bonchev–Trinajstić information content (AvgIpc) is 3.40. The molecular weight excluding hydrogens is 371 g/mol. The highest BCUT2D eigenvalue weighted by molar-refractivity contribution is 5.88. The fraction of sp³-hybridized carbons (Fsp3) is 0.556. The molecule has 1 aliphatic carbocycles. The topological polar surface area (TPSA) is 86.4 Å². The second kappa shape index (κ2) is 6.18. The van der Waals surface area contributed by atoms with Crippen LogP contribution < -0.4 is 4.90 Å². The Kier molecular flexibility index (Phi) is 3.85. The number of alkyl halides is 3. The molecule has 3 aromatic rings. The van der Waals surface area contributed by atoms with Crippen LogP contribution in [-0.4, -0.2) is 43.5 Å². The van der Waals surface area contributed by atoms with Gasteiger partial charge in [-0.05, 0) is 31.1 Å². The first-order valence-electron chi connectivity index (χ1n) is 9.52. The second-order valence-corrected chi connectivity index (χ2v) is 7.85. The van der Waals surface area contributed by atoms with Crippen LogP contribution in [0.15, 0.2) is 12.4 Å². The standard InChI is InChI=1S/C18H20F3N7/c19-18(20,21)15-11(9-23-26-15)13-14-16(27-25-13)24-12(10-22-14)28-7-5-17(6-8-28)3-1-2-4-17/h9-10H,1-8H2,(H,23,26)(H,24,25,27). The van der Waals surface area contributed by atoms with Gasteiger partial charge in [0.15, 0.2) is 5.65 Å². The van der Waals surface area contributed by atoms with E-state index in [2.05, 4.69) is 30.2 Å². The summed E-state index contributed by atoms with van der Waals surface area (Å²) in [7, 11) is 0. The number of halogens is 3. The number of nitrogens with one attached hydrogen (secondary N) is 2. The highest BCUT2D eigenvalue weighted by atomic mass is 19.4. The van der Waals surface area contributed by atoms with E-state index in [0.717, 1.165) is 37.9 Å². The number of rotatable bonds is 2. The monoisotopic (exact) mass is 391 g/mol. The average molecular weight is 391 g/mol. The number of aromatic nitrogens is 6. The number of fused-ring (bicyclic) bond motifs is 1. The molecule has 4 heterocycles. The van der Waals surface area contributed by atoms with Crippen molar-refractivity contribution in [3.8, 4) is 11.3 Å². The summed E-state index contributed by atoms with van der Waals surface area (Å²) in [6.07, 6.45) is 5.81. The largest absolute Gasteiger partial charge is 0.433 e. The molecule has 1 saturated carbocycles. The SMILES string of the molecule is FC(F)(F)c1[nH]ncc1-c1n[nH]c2nc(N3CCC4(CCCC4)CC3)cnc12. The predicted molar refractivity (Wildman–Crippen MR) is 96.6 cm³/mol. The Morgan fingerprint density at radius 3 is 2.46 bits per heavy atom. The predicted octanol–water partition coefficient (Wildman–Crippen LogP) is 3.92. The van der Waals surface area contributed by atoms with Crippen molar-refractivity contribution in [3.05, 3.63) is 18.1 Å². The third kappa shape index (κ3) is 2.82. The van der Waals surface area contributed by atoms with Gasteiger partial charge < -0.3 is 4.90 Å². The van der Waals surface area contributed by atoms with E-state index in [-0.39, 0.29) is 11.3 Å². The second-order valence-electron chi connectivity index (χ2n) is 7.85. The molecule has 28 heavy (non-hydrogen) atoms. The van der Waals surface area contributed by atoms with Gasteiger partial charge in [0.1, 0.15) is 22.7 Å². The minimum absolute atomic E-state index is 0.0960. The lowest BCUT2D eigenvalue weighted by Crippen LogP contribution is -2.39. The first-order chi connectivity index (χ1) is 13.5. The number of hydrogen-bond acceptors (Lipinski definition) is 5. The minimum Gasteiger partial charge on any atom is -0.355 e. The van der Waals surface area contributed by atoms with Crippen LogP contribution in [0, 0.1) is 5.41 Å². The van der Waals surface area contributed by atoms with Gasteiger partial charge in [-0.2, -0.15) is 23.4 Å². The van der Waals surface area contributed by atoms with Crippen molar-refractivity contribution in [3.63, 3.8) is 0 Å². The van der Waals surface area contributed by atoms with E-state index in [1.54, 1.807) is 6.20 Å². The third-order valence-electron chi connectivity index (χ3n) is 6.25. The number of nitrogens with zero attached hydrogens (tertiary/aromatic N) is 5. The molecule has 10 heteroatoms. The van der Waals surface area contributed by atoms with Crippen LogP contribution >= 0.6 is 0 Å². The fourth-order valence-corrected chi connectivity index (χ4v) is 4.65.